The van der Waals surface area contributed by atoms with Gasteiger partial charge in [-0.25, -0.2) is 0 Å². The Kier molecular flexibility index (Phi) is 4.12. The molecule has 0 saturated carbocycles. The standard InChI is InChI=1S/C11H19NO3/c1-8(2)3-4-10(13)12-6-9(7-12)5-11(14)15/h8-9H,3-7H2,1-2H3,(H,14,15). The number of nitrogens with zero attached hydrogens (tertiary/aromatic N) is 1. The smallest absolute Gasteiger partial charge is 0.303 e. The number of carboxylic acid groups (broad SMARTS) is 1. The Balaban J connectivity index is 2.15. The first-order valence-corrected chi connectivity index (χ1v) is 5.48. The first kappa shape index (κ1) is 12.0. The number of aliphatic carboxylic acids is 1. The van der Waals surface area contributed by atoms with Gasteiger partial charge in [-0.05, 0) is 12.3 Å². The van der Waals surface area contributed by atoms with Crippen LogP contribution in [0, 0.1) is 11.8 Å². The van der Waals surface area contributed by atoms with E-state index in [1.165, 1.54) is 0 Å². The molecule has 0 spiro atoms. The Hall–Kier alpha value is -1.06. The SMILES string of the molecule is CC(C)CCC(=O)N1CC(CC(=O)O)C1. The Morgan fingerprint density at radius 2 is 2.00 bits per heavy atom. The summed E-state index contributed by atoms with van der Waals surface area (Å²) in [6.45, 7) is 5.44. The largest absolute Gasteiger partial charge is 0.481 e. The van der Waals surface area contributed by atoms with E-state index in [2.05, 4.69) is 13.8 Å². The average molecular weight is 213 g/mol. The number of rotatable bonds is 5. The molecule has 0 atom stereocenters. The van der Waals surface area contributed by atoms with Crippen LogP contribution in [0.5, 0.6) is 0 Å². The summed E-state index contributed by atoms with van der Waals surface area (Å²) in [5.74, 6) is 0.121. The van der Waals surface area contributed by atoms with Gasteiger partial charge in [0.15, 0.2) is 0 Å². The molecule has 0 radical (unpaired) electrons. The molecule has 1 saturated heterocycles. The van der Waals surface area contributed by atoms with Gasteiger partial charge in [0.2, 0.25) is 5.91 Å². The van der Waals surface area contributed by atoms with E-state index in [9.17, 15) is 9.59 Å². The molecular formula is C11H19NO3. The molecule has 1 heterocycles. The highest BCUT2D eigenvalue weighted by atomic mass is 16.4. The zero-order chi connectivity index (χ0) is 11.4. The van der Waals surface area contributed by atoms with Crippen molar-refractivity contribution in [1.82, 2.24) is 4.90 Å². The number of likely N-dealkylation sites (tertiary alicyclic amines) is 1. The second kappa shape index (κ2) is 5.14. The highest BCUT2D eigenvalue weighted by molar-refractivity contribution is 5.77. The molecule has 86 valence electrons. The van der Waals surface area contributed by atoms with Crippen molar-refractivity contribution in [1.29, 1.82) is 0 Å². The summed E-state index contributed by atoms with van der Waals surface area (Å²) in [4.78, 5) is 23.7. The fraction of sp³-hybridized carbons (Fsp3) is 0.818. The number of carboxylic acids is 1. The molecule has 0 bridgehead atoms. The van der Waals surface area contributed by atoms with Crippen molar-refractivity contribution in [3.05, 3.63) is 0 Å². The van der Waals surface area contributed by atoms with Gasteiger partial charge in [-0.2, -0.15) is 0 Å². The Labute approximate surface area is 90.3 Å². The highest BCUT2D eigenvalue weighted by Crippen LogP contribution is 2.20. The molecule has 4 heteroatoms. The second-order valence-electron chi connectivity index (χ2n) is 4.70. The number of hydrogen-bond donors (Lipinski definition) is 1. The molecule has 1 aliphatic heterocycles. The lowest BCUT2D eigenvalue weighted by Crippen LogP contribution is -2.50. The van der Waals surface area contributed by atoms with Crippen LogP contribution < -0.4 is 0 Å². The molecule has 0 aromatic carbocycles. The lowest BCUT2D eigenvalue weighted by Gasteiger charge is -2.38. The molecule has 0 aromatic rings. The van der Waals surface area contributed by atoms with E-state index in [1.807, 2.05) is 0 Å². The summed E-state index contributed by atoms with van der Waals surface area (Å²) < 4.78 is 0. The quantitative estimate of drug-likeness (QED) is 0.750. The topological polar surface area (TPSA) is 57.6 Å². The summed E-state index contributed by atoms with van der Waals surface area (Å²) in [5, 5.41) is 8.55. The van der Waals surface area contributed by atoms with Gasteiger partial charge in [-0.1, -0.05) is 13.8 Å². The van der Waals surface area contributed by atoms with Crippen LogP contribution in [0.2, 0.25) is 0 Å². The van der Waals surface area contributed by atoms with Gasteiger partial charge in [-0.3, -0.25) is 9.59 Å². The van der Waals surface area contributed by atoms with Crippen LogP contribution in [0.25, 0.3) is 0 Å². The number of hydrogen-bond acceptors (Lipinski definition) is 2. The van der Waals surface area contributed by atoms with Gasteiger partial charge >= 0.3 is 5.97 Å². The van der Waals surface area contributed by atoms with Crippen LogP contribution in [0.15, 0.2) is 0 Å². The third-order valence-electron chi connectivity index (χ3n) is 2.71. The van der Waals surface area contributed by atoms with Crippen LogP contribution in [0.1, 0.15) is 33.1 Å². The van der Waals surface area contributed by atoms with Crippen LogP contribution in [-0.4, -0.2) is 35.0 Å². The molecule has 1 rings (SSSR count). The van der Waals surface area contributed by atoms with Crippen molar-refractivity contribution in [3.63, 3.8) is 0 Å². The summed E-state index contributed by atoms with van der Waals surface area (Å²) >= 11 is 0. The fourth-order valence-corrected chi connectivity index (χ4v) is 1.72. The molecule has 4 nitrogen and oxygen atoms in total. The van der Waals surface area contributed by atoms with Crippen molar-refractivity contribution in [2.75, 3.05) is 13.1 Å². The van der Waals surface area contributed by atoms with Crippen molar-refractivity contribution < 1.29 is 14.7 Å². The summed E-state index contributed by atoms with van der Waals surface area (Å²) in [6, 6.07) is 0. The third-order valence-corrected chi connectivity index (χ3v) is 2.71. The van der Waals surface area contributed by atoms with Gasteiger partial charge < -0.3 is 10.0 Å². The Morgan fingerprint density at radius 3 is 2.47 bits per heavy atom. The number of carbonyl (C=O) groups is 2. The zero-order valence-corrected chi connectivity index (χ0v) is 9.40. The molecule has 1 aliphatic rings. The third kappa shape index (κ3) is 3.90. The molecule has 0 aliphatic carbocycles. The molecule has 15 heavy (non-hydrogen) atoms. The number of amides is 1. The van der Waals surface area contributed by atoms with E-state index in [0.717, 1.165) is 6.42 Å². The van der Waals surface area contributed by atoms with E-state index < -0.39 is 5.97 Å². The van der Waals surface area contributed by atoms with Gasteiger partial charge in [-0.15, -0.1) is 0 Å². The van der Waals surface area contributed by atoms with Gasteiger partial charge in [0.1, 0.15) is 0 Å². The van der Waals surface area contributed by atoms with E-state index in [-0.39, 0.29) is 18.2 Å². The van der Waals surface area contributed by atoms with Crippen molar-refractivity contribution in [2.45, 2.75) is 33.1 Å². The van der Waals surface area contributed by atoms with Crippen molar-refractivity contribution in [3.8, 4) is 0 Å². The van der Waals surface area contributed by atoms with E-state index in [1.54, 1.807) is 4.90 Å². The first-order valence-electron chi connectivity index (χ1n) is 5.48. The first-order chi connectivity index (χ1) is 6.99. The normalized spacial score (nSPS) is 16.6. The number of carbonyl (C=O) groups excluding carboxylic acids is 1. The van der Waals surface area contributed by atoms with Crippen LogP contribution in [0.3, 0.4) is 0 Å². The lowest BCUT2D eigenvalue weighted by atomic mass is 9.95. The minimum atomic E-state index is -0.769. The summed E-state index contributed by atoms with van der Waals surface area (Å²) in [6.07, 6.45) is 1.70. The second-order valence-corrected chi connectivity index (χ2v) is 4.70. The van der Waals surface area contributed by atoms with Crippen molar-refractivity contribution in [2.24, 2.45) is 11.8 Å². The maximum absolute atomic E-state index is 11.5. The predicted molar refractivity (Wildman–Crippen MR) is 56.4 cm³/mol. The van der Waals surface area contributed by atoms with Crippen LogP contribution in [0.4, 0.5) is 0 Å². The molecular weight excluding hydrogens is 194 g/mol. The average Bonchev–Trinajstić information content (AvgIpc) is 2.06. The fourth-order valence-electron chi connectivity index (χ4n) is 1.72. The Bertz CT molecular complexity index is 244. The highest BCUT2D eigenvalue weighted by Gasteiger charge is 2.31. The predicted octanol–water partition coefficient (Wildman–Crippen LogP) is 1.36. The van der Waals surface area contributed by atoms with Crippen LogP contribution in [-0.2, 0) is 9.59 Å². The summed E-state index contributed by atoms with van der Waals surface area (Å²) in [7, 11) is 0. The summed E-state index contributed by atoms with van der Waals surface area (Å²) in [5.41, 5.74) is 0. The van der Waals surface area contributed by atoms with Crippen LogP contribution >= 0.6 is 0 Å². The van der Waals surface area contributed by atoms with Gasteiger partial charge in [0, 0.05) is 25.4 Å². The molecule has 1 fully saturated rings. The van der Waals surface area contributed by atoms with Gasteiger partial charge in [0.05, 0.1) is 6.42 Å². The Morgan fingerprint density at radius 1 is 1.40 bits per heavy atom. The lowest BCUT2D eigenvalue weighted by molar-refractivity contribution is -0.145. The molecule has 1 N–H and O–H groups in total. The van der Waals surface area contributed by atoms with Gasteiger partial charge in [0.25, 0.3) is 0 Å². The maximum atomic E-state index is 11.5. The van der Waals surface area contributed by atoms with E-state index >= 15 is 0 Å². The zero-order valence-electron chi connectivity index (χ0n) is 9.40. The molecule has 0 aromatic heterocycles. The van der Waals surface area contributed by atoms with Crippen molar-refractivity contribution >= 4 is 11.9 Å². The molecule has 0 unspecified atom stereocenters. The maximum Gasteiger partial charge on any atom is 0.303 e. The minimum absolute atomic E-state index is 0.172. The molecule has 1 amide bonds. The minimum Gasteiger partial charge on any atom is -0.481 e. The van der Waals surface area contributed by atoms with E-state index in [4.69, 9.17) is 5.11 Å². The van der Waals surface area contributed by atoms with E-state index in [0.29, 0.717) is 25.4 Å². The monoisotopic (exact) mass is 213 g/mol.